The van der Waals surface area contributed by atoms with E-state index < -0.39 is 0 Å². The van der Waals surface area contributed by atoms with Gasteiger partial charge in [-0.15, -0.1) is 0 Å². The zero-order chi connectivity index (χ0) is 23.7. The Bertz CT molecular complexity index is 1240. The Kier molecular flexibility index (Phi) is 6.24. The van der Waals surface area contributed by atoms with E-state index >= 15 is 0 Å². The number of nitrogens with one attached hydrogen (secondary N) is 2. The summed E-state index contributed by atoms with van der Waals surface area (Å²) in [6.07, 6.45) is 4.38. The zero-order valence-electron chi connectivity index (χ0n) is 19.3. The number of carbonyl (C=O) groups is 3. The van der Waals surface area contributed by atoms with Crippen molar-refractivity contribution in [2.45, 2.75) is 44.6 Å². The van der Waals surface area contributed by atoms with Gasteiger partial charge in [-0.2, -0.15) is 0 Å². The predicted octanol–water partition coefficient (Wildman–Crippen LogP) is 3.09. The lowest BCUT2D eigenvalue weighted by atomic mass is 9.90. The number of fused-ring (bicyclic) bond motifs is 2. The average Bonchev–Trinajstić information content (AvgIpc) is 3.23. The summed E-state index contributed by atoms with van der Waals surface area (Å²) >= 11 is 0. The molecule has 3 heterocycles. The van der Waals surface area contributed by atoms with Crippen LogP contribution in [0.3, 0.4) is 0 Å². The van der Waals surface area contributed by atoms with Crippen molar-refractivity contribution >= 4 is 39.5 Å². The highest BCUT2D eigenvalue weighted by molar-refractivity contribution is 6.04. The third kappa shape index (κ3) is 4.63. The Morgan fingerprint density at radius 2 is 1.97 bits per heavy atom. The molecule has 5 rings (SSSR count). The van der Waals surface area contributed by atoms with Gasteiger partial charge in [-0.3, -0.25) is 19.7 Å². The average molecular weight is 464 g/mol. The minimum atomic E-state index is -0.385. The van der Waals surface area contributed by atoms with E-state index in [2.05, 4.69) is 10.6 Å². The standard InChI is InChI=1S/C26H29N3O5/c1-16(30)29-9-6-19(7-10-29)27-8-11-33-20-3-2-17-14-24-22(13-18(17)12-20)23(15-34-24)21-4-5-25(31)28-26(21)32/h2-3,12-15,19,21,27H,4-11H2,1H3,(H,28,31,32)/t21-/m0/s1. The van der Waals surface area contributed by atoms with Gasteiger partial charge in [-0.25, -0.2) is 0 Å². The first-order valence-corrected chi connectivity index (χ1v) is 11.9. The molecule has 0 spiro atoms. The lowest BCUT2D eigenvalue weighted by Gasteiger charge is -2.31. The van der Waals surface area contributed by atoms with Crippen molar-refractivity contribution in [2.75, 3.05) is 26.2 Å². The van der Waals surface area contributed by atoms with Crippen LogP contribution in [0.2, 0.25) is 0 Å². The Morgan fingerprint density at radius 3 is 2.74 bits per heavy atom. The van der Waals surface area contributed by atoms with Gasteiger partial charge in [0, 0.05) is 50.0 Å². The van der Waals surface area contributed by atoms with Gasteiger partial charge in [0.25, 0.3) is 0 Å². The first-order chi connectivity index (χ1) is 16.5. The number of nitrogens with zero attached hydrogens (tertiary/aromatic N) is 1. The van der Waals surface area contributed by atoms with Gasteiger partial charge in [-0.1, -0.05) is 6.07 Å². The van der Waals surface area contributed by atoms with Crippen LogP contribution in [-0.2, 0) is 14.4 Å². The van der Waals surface area contributed by atoms with Crippen molar-refractivity contribution in [3.63, 3.8) is 0 Å². The maximum absolute atomic E-state index is 12.4. The van der Waals surface area contributed by atoms with E-state index in [-0.39, 0.29) is 23.6 Å². The number of carbonyl (C=O) groups excluding carboxylic acids is 3. The first kappa shape index (κ1) is 22.4. The number of hydrogen-bond acceptors (Lipinski definition) is 6. The molecular weight excluding hydrogens is 434 g/mol. The van der Waals surface area contributed by atoms with Gasteiger partial charge >= 0.3 is 0 Å². The van der Waals surface area contributed by atoms with Gasteiger partial charge in [0.15, 0.2) is 0 Å². The van der Waals surface area contributed by atoms with Crippen molar-refractivity contribution in [3.8, 4) is 5.75 Å². The molecule has 1 atom stereocenters. The highest BCUT2D eigenvalue weighted by atomic mass is 16.5. The molecule has 8 heteroatoms. The number of furan rings is 1. The minimum absolute atomic E-state index is 0.148. The van der Waals surface area contributed by atoms with Crippen LogP contribution >= 0.6 is 0 Å². The monoisotopic (exact) mass is 463 g/mol. The van der Waals surface area contributed by atoms with Crippen LogP contribution in [-0.4, -0.2) is 54.9 Å². The first-order valence-electron chi connectivity index (χ1n) is 11.9. The van der Waals surface area contributed by atoms with E-state index in [1.165, 1.54) is 0 Å². The summed E-state index contributed by atoms with van der Waals surface area (Å²) in [6.45, 7) is 4.53. The smallest absolute Gasteiger partial charge is 0.234 e. The molecular formula is C26H29N3O5. The second-order valence-electron chi connectivity index (χ2n) is 9.13. The van der Waals surface area contributed by atoms with E-state index in [0.717, 1.165) is 65.5 Å². The molecule has 8 nitrogen and oxygen atoms in total. The molecule has 2 aliphatic rings. The van der Waals surface area contributed by atoms with Gasteiger partial charge in [0.05, 0.1) is 12.2 Å². The number of hydrogen-bond donors (Lipinski definition) is 2. The highest BCUT2D eigenvalue weighted by Crippen LogP contribution is 2.35. The molecule has 0 aliphatic carbocycles. The number of likely N-dealkylation sites (tertiary alicyclic amines) is 1. The van der Waals surface area contributed by atoms with E-state index in [9.17, 15) is 14.4 Å². The molecule has 2 saturated heterocycles. The number of benzene rings is 2. The number of amides is 3. The van der Waals surface area contributed by atoms with Crippen LogP contribution in [0.25, 0.3) is 21.7 Å². The summed E-state index contributed by atoms with van der Waals surface area (Å²) in [6, 6.07) is 10.4. The number of piperidine rings is 2. The van der Waals surface area contributed by atoms with Crippen LogP contribution in [0.15, 0.2) is 41.0 Å². The molecule has 2 N–H and O–H groups in total. The molecule has 0 bridgehead atoms. The third-order valence-corrected chi connectivity index (χ3v) is 6.89. The van der Waals surface area contributed by atoms with E-state index in [1.807, 2.05) is 35.2 Å². The van der Waals surface area contributed by atoms with Crippen molar-refractivity contribution in [1.29, 1.82) is 0 Å². The molecule has 178 valence electrons. The molecule has 1 aromatic heterocycles. The van der Waals surface area contributed by atoms with E-state index in [1.54, 1.807) is 13.2 Å². The maximum Gasteiger partial charge on any atom is 0.234 e. The van der Waals surface area contributed by atoms with Gasteiger partial charge in [-0.05, 0) is 54.3 Å². The Balaban J connectivity index is 1.23. The zero-order valence-corrected chi connectivity index (χ0v) is 19.3. The van der Waals surface area contributed by atoms with Gasteiger partial charge in [0.1, 0.15) is 17.9 Å². The lowest BCUT2D eigenvalue weighted by molar-refractivity contribution is -0.134. The topological polar surface area (TPSA) is 101 Å². The molecule has 3 amide bonds. The maximum atomic E-state index is 12.4. The highest BCUT2D eigenvalue weighted by Gasteiger charge is 2.30. The quantitative estimate of drug-likeness (QED) is 0.430. The summed E-state index contributed by atoms with van der Waals surface area (Å²) in [5.41, 5.74) is 1.54. The normalized spacial score (nSPS) is 19.6. The summed E-state index contributed by atoms with van der Waals surface area (Å²) in [7, 11) is 0. The SMILES string of the molecule is CC(=O)N1CCC(NCCOc2ccc3cc4occ([C@@H]5CCC(=O)NC5=O)c4cc3c2)CC1. The molecule has 3 aromatic rings. The summed E-state index contributed by atoms with van der Waals surface area (Å²) in [5.74, 6) is 0.0539. The van der Waals surface area contributed by atoms with E-state index in [0.29, 0.717) is 25.5 Å². The number of rotatable bonds is 6. The predicted molar refractivity (Wildman–Crippen MR) is 128 cm³/mol. The summed E-state index contributed by atoms with van der Waals surface area (Å²) in [5, 5.41) is 8.87. The molecule has 2 aliphatic heterocycles. The number of ether oxygens (including phenoxy) is 1. The fourth-order valence-electron chi connectivity index (χ4n) is 4.95. The van der Waals surface area contributed by atoms with Crippen LogP contribution in [0.1, 0.15) is 44.1 Å². The van der Waals surface area contributed by atoms with Crippen LogP contribution < -0.4 is 15.4 Å². The summed E-state index contributed by atoms with van der Waals surface area (Å²) in [4.78, 5) is 37.2. The van der Waals surface area contributed by atoms with Crippen molar-refractivity contribution < 1.29 is 23.5 Å². The Morgan fingerprint density at radius 1 is 1.15 bits per heavy atom. The second-order valence-corrected chi connectivity index (χ2v) is 9.13. The number of imide groups is 1. The van der Waals surface area contributed by atoms with Crippen molar-refractivity contribution in [1.82, 2.24) is 15.5 Å². The summed E-state index contributed by atoms with van der Waals surface area (Å²) < 4.78 is 11.7. The van der Waals surface area contributed by atoms with Crippen LogP contribution in [0, 0.1) is 0 Å². The van der Waals surface area contributed by atoms with Crippen molar-refractivity contribution in [2.24, 2.45) is 0 Å². The van der Waals surface area contributed by atoms with E-state index in [4.69, 9.17) is 9.15 Å². The molecule has 2 fully saturated rings. The molecule has 2 aromatic carbocycles. The van der Waals surface area contributed by atoms with Crippen LogP contribution in [0.5, 0.6) is 5.75 Å². The largest absolute Gasteiger partial charge is 0.492 e. The van der Waals surface area contributed by atoms with Crippen LogP contribution in [0.4, 0.5) is 0 Å². The van der Waals surface area contributed by atoms with Crippen molar-refractivity contribution in [3.05, 3.63) is 42.2 Å². The molecule has 34 heavy (non-hydrogen) atoms. The fraction of sp³-hybridized carbons (Fsp3) is 0.423. The Labute approximate surface area is 197 Å². The fourth-order valence-corrected chi connectivity index (χ4v) is 4.95. The Hall–Kier alpha value is -3.39. The molecule has 0 unspecified atom stereocenters. The molecule has 0 saturated carbocycles. The second kappa shape index (κ2) is 9.46. The van der Waals surface area contributed by atoms with Gasteiger partial charge in [0.2, 0.25) is 17.7 Å². The minimum Gasteiger partial charge on any atom is -0.492 e. The third-order valence-electron chi connectivity index (χ3n) is 6.89. The lowest BCUT2D eigenvalue weighted by Crippen LogP contribution is -2.45. The van der Waals surface area contributed by atoms with Gasteiger partial charge < -0.3 is 19.4 Å². The molecule has 0 radical (unpaired) electrons.